The fourth-order valence-corrected chi connectivity index (χ4v) is 2.57. The molecule has 1 N–H and O–H groups in total. The van der Waals surface area contributed by atoms with E-state index in [-0.39, 0.29) is 0 Å². The highest BCUT2D eigenvalue weighted by molar-refractivity contribution is 9.10. The first-order chi connectivity index (χ1) is 9.04. The van der Waals surface area contributed by atoms with Gasteiger partial charge in [0.2, 0.25) is 0 Å². The minimum atomic E-state index is -0.772. The zero-order valence-corrected chi connectivity index (χ0v) is 13.0. The molecule has 1 atom stereocenters. The predicted molar refractivity (Wildman–Crippen MR) is 80.9 cm³/mol. The first kappa shape index (κ1) is 14.4. The molecule has 2 nitrogen and oxygen atoms in total. The molecule has 0 aromatic heterocycles. The maximum Gasteiger partial charge on any atom is 0.125 e. The van der Waals surface area contributed by atoms with Gasteiger partial charge in [0.15, 0.2) is 0 Å². The van der Waals surface area contributed by atoms with E-state index in [1.54, 1.807) is 7.11 Å². The van der Waals surface area contributed by atoms with Crippen molar-refractivity contribution < 1.29 is 9.84 Å². The second-order valence-corrected chi connectivity index (χ2v) is 5.57. The second kappa shape index (κ2) is 5.95. The minimum Gasteiger partial charge on any atom is -0.496 e. The van der Waals surface area contributed by atoms with Gasteiger partial charge in [-0.25, -0.2) is 0 Å². The first-order valence-corrected chi connectivity index (χ1v) is 6.98. The Bertz CT molecular complexity index is 599. The van der Waals surface area contributed by atoms with E-state index in [2.05, 4.69) is 15.9 Å². The molecule has 0 aliphatic heterocycles. The topological polar surface area (TPSA) is 29.5 Å². The monoisotopic (exact) mass is 340 g/mol. The molecule has 0 saturated carbocycles. The van der Waals surface area contributed by atoms with Crippen molar-refractivity contribution in [3.05, 3.63) is 62.6 Å². The summed E-state index contributed by atoms with van der Waals surface area (Å²) < 4.78 is 6.19. The van der Waals surface area contributed by atoms with Crippen LogP contribution in [0.25, 0.3) is 0 Å². The van der Waals surface area contributed by atoms with Crippen LogP contribution in [0.3, 0.4) is 0 Å². The molecule has 1 unspecified atom stereocenters. The van der Waals surface area contributed by atoms with Crippen LogP contribution >= 0.6 is 27.5 Å². The standard InChI is InChI=1S/C15H14BrClO2/c1-9-11(4-3-5-13(9)17)15(18)12-8-10(16)6-7-14(12)19-2/h3-8,15,18H,1-2H3. The first-order valence-electron chi connectivity index (χ1n) is 5.81. The molecule has 0 aliphatic rings. The molecule has 4 heteroatoms. The molecule has 19 heavy (non-hydrogen) atoms. The summed E-state index contributed by atoms with van der Waals surface area (Å²) in [6.07, 6.45) is -0.772. The van der Waals surface area contributed by atoms with E-state index in [9.17, 15) is 5.11 Å². The summed E-state index contributed by atoms with van der Waals surface area (Å²) in [5, 5.41) is 11.2. The van der Waals surface area contributed by atoms with Crippen molar-refractivity contribution in [3.8, 4) is 5.75 Å². The summed E-state index contributed by atoms with van der Waals surface area (Å²) in [6.45, 7) is 1.89. The van der Waals surface area contributed by atoms with Gasteiger partial charge >= 0.3 is 0 Å². The SMILES string of the molecule is COc1ccc(Br)cc1C(O)c1cccc(Cl)c1C. The Morgan fingerprint density at radius 2 is 1.95 bits per heavy atom. The predicted octanol–water partition coefficient (Wildman–Crippen LogP) is 4.50. The van der Waals surface area contributed by atoms with Gasteiger partial charge in [-0.2, -0.15) is 0 Å². The highest BCUT2D eigenvalue weighted by atomic mass is 79.9. The lowest BCUT2D eigenvalue weighted by molar-refractivity contribution is 0.214. The third-order valence-corrected chi connectivity index (χ3v) is 3.99. The normalized spacial score (nSPS) is 12.3. The van der Waals surface area contributed by atoms with E-state index in [0.717, 1.165) is 15.6 Å². The van der Waals surface area contributed by atoms with Crippen molar-refractivity contribution in [2.45, 2.75) is 13.0 Å². The third kappa shape index (κ3) is 2.94. The van der Waals surface area contributed by atoms with E-state index in [4.69, 9.17) is 16.3 Å². The molecule has 0 aliphatic carbocycles. The molecule has 0 fully saturated rings. The minimum absolute atomic E-state index is 0.644. The Kier molecular flexibility index (Phi) is 4.50. The number of hydrogen-bond donors (Lipinski definition) is 1. The Morgan fingerprint density at radius 3 is 2.63 bits per heavy atom. The van der Waals surface area contributed by atoms with Crippen LogP contribution in [-0.2, 0) is 0 Å². The number of aliphatic hydroxyl groups excluding tert-OH is 1. The molecule has 100 valence electrons. The van der Waals surface area contributed by atoms with E-state index in [0.29, 0.717) is 16.3 Å². The van der Waals surface area contributed by atoms with Gasteiger partial charge < -0.3 is 9.84 Å². The van der Waals surface area contributed by atoms with Gasteiger partial charge in [-0.05, 0) is 42.3 Å². The van der Waals surface area contributed by atoms with Gasteiger partial charge in [0.05, 0.1) is 7.11 Å². The van der Waals surface area contributed by atoms with Gasteiger partial charge in [-0.1, -0.05) is 39.7 Å². The number of rotatable bonds is 3. The number of ether oxygens (including phenoxy) is 1. The molecule has 2 rings (SSSR count). The Morgan fingerprint density at radius 1 is 1.21 bits per heavy atom. The van der Waals surface area contributed by atoms with Gasteiger partial charge in [0.25, 0.3) is 0 Å². The van der Waals surface area contributed by atoms with Crippen LogP contribution in [0, 0.1) is 6.92 Å². The molecule has 0 bridgehead atoms. The molecule has 0 radical (unpaired) electrons. The van der Waals surface area contributed by atoms with Gasteiger partial charge in [0, 0.05) is 15.1 Å². The number of aliphatic hydroxyl groups is 1. The van der Waals surface area contributed by atoms with Gasteiger partial charge in [0.1, 0.15) is 11.9 Å². The van der Waals surface area contributed by atoms with Crippen LogP contribution in [0.2, 0.25) is 5.02 Å². The maximum absolute atomic E-state index is 10.6. The quantitative estimate of drug-likeness (QED) is 0.890. The average Bonchev–Trinajstić information content (AvgIpc) is 2.41. The molecule has 0 saturated heterocycles. The molecular weight excluding hydrogens is 328 g/mol. The molecule has 2 aromatic carbocycles. The van der Waals surface area contributed by atoms with Gasteiger partial charge in [-0.15, -0.1) is 0 Å². The molecule has 0 spiro atoms. The summed E-state index contributed by atoms with van der Waals surface area (Å²) in [6, 6.07) is 11.1. The highest BCUT2D eigenvalue weighted by Crippen LogP contribution is 2.35. The van der Waals surface area contributed by atoms with Crippen molar-refractivity contribution in [1.82, 2.24) is 0 Å². The second-order valence-electron chi connectivity index (χ2n) is 4.24. The number of methoxy groups -OCH3 is 1. The van der Waals surface area contributed by atoms with Crippen molar-refractivity contribution in [1.29, 1.82) is 0 Å². The summed E-state index contributed by atoms with van der Waals surface area (Å²) in [5.41, 5.74) is 2.37. The Hall–Kier alpha value is -1.03. The maximum atomic E-state index is 10.6. The Balaban J connectivity index is 2.52. The third-order valence-electron chi connectivity index (χ3n) is 3.09. The number of hydrogen-bond acceptors (Lipinski definition) is 2. The average molecular weight is 342 g/mol. The summed E-state index contributed by atoms with van der Waals surface area (Å²) in [5.74, 6) is 0.648. The molecule has 2 aromatic rings. The van der Waals surface area contributed by atoms with Crippen LogP contribution in [0.15, 0.2) is 40.9 Å². The van der Waals surface area contributed by atoms with Crippen molar-refractivity contribution in [3.63, 3.8) is 0 Å². The summed E-state index contributed by atoms with van der Waals surface area (Å²) in [4.78, 5) is 0. The fraction of sp³-hybridized carbons (Fsp3) is 0.200. The molecule has 0 amide bonds. The zero-order chi connectivity index (χ0) is 14.0. The van der Waals surface area contributed by atoms with E-state index < -0.39 is 6.10 Å². The van der Waals surface area contributed by atoms with Gasteiger partial charge in [-0.3, -0.25) is 0 Å². The zero-order valence-electron chi connectivity index (χ0n) is 10.7. The van der Waals surface area contributed by atoms with Crippen molar-refractivity contribution in [2.75, 3.05) is 7.11 Å². The fourth-order valence-electron chi connectivity index (χ4n) is 2.01. The lowest BCUT2D eigenvalue weighted by Gasteiger charge is -2.18. The van der Waals surface area contributed by atoms with Crippen LogP contribution in [0.4, 0.5) is 0 Å². The highest BCUT2D eigenvalue weighted by Gasteiger charge is 2.18. The largest absolute Gasteiger partial charge is 0.496 e. The van der Waals surface area contributed by atoms with E-state index in [1.165, 1.54) is 0 Å². The van der Waals surface area contributed by atoms with Crippen LogP contribution in [0.1, 0.15) is 22.8 Å². The number of halogens is 2. The van der Waals surface area contributed by atoms with E-state index in [1.807, 2.05) is 43.3 Å². The Labute approximate surface area is 126 Å². The summed E-state index contributed by atoms with van der Waals surface area (Å²) in [7, 11) is 1.59. The lowest BCUT2D eigenvalue weighted by Crippen LogP contribution is -2.04. The van der Waals surface area contributed by atoms with Crippen molar-refractivity contribution in [2.24, 2.45) is 0 Å². The van der Waals surface area contributed by atoms with Crippen LogP contribution < -0.4 is 4.74 Å². The van der Waals surface area contributed by atoms with Crippen molar-refractivity contribution >= 4 is 27.5 Å². The van der Waals surface area contributed by atoms with E-state index >= 15 is 0 Å². The molecular formula is C15H14BrClO2. The summed E-state index contributed by atoms with van der Waals surface area (Å²) >= 11 is 9.51. The molecule has 0 heterocycles. The van der Waals surface area contributed by atoms with Crippen LogP contribution in [-0.4, -0.2) is 12.2 Å². The number of benzene rings is 2. The smallest absolute Gasteiger partial charge is 0.125 e. The van der Waals surface area contributed by atoms with Crippen LogP contribution in [0.5, 0.6) is 5.75 Å². The lowest BCUT2D eigenvalue weighted by atomic mass is 9.97.